The van der Waals surface area contributed by atoms with Gasteiger partial charge in [-0.25, -0.2) is 4.79 Å². The van der Waals surface area contributed by atoms with E-state index in [0.717, 1.165) is 22.2 Å². The summed E-state index contributed by atoms with van der Waals surface area (Å²) in [6.07, 6.45) is 0.237. The molecule has 0 aliphatic heterocycles. The first-order valence-corrected chi connectivity index (χ1v) is 8.10. The molecule has 2 aromatic carbocycles. The van der Waals surface area contributed by atoms with Crippen LogP contribution in [0.4, 0.5) is 4.79 Å². The van der Waals surface area contributed by atoms with Crippen molar-refractivity contribution in [3.8, 4) is 11.5 Å². The Bertz CT molecular complexity index is 697. The molecule has 0 aromatic heterocycles. The third-order valence-corrected chi connectivity index (χ3v) is 4.26. The highest BCUT2D eigenvalue weighted by Gasteiger charge is 2.13. The Hall–Kier alpha value is -2.01. The summed E-state index contributed by atoms with van der Waals surface area (Å²) in [6.45, 7) is 4.47. The fraction of sp³-hybridized carbons (Fsp3) is 0.278. The fourth-order valence-corrected chi connectivity index (χ4v) is 2.68. The molecule has 0 saturated carbocycles. The van der Waals surface area contributed by atoms with Gasteiger partial charge in [0.1, 0.15) is 18.1 Å². The van der Waals surface area contributed by atoms with E-state index in [1.54, 1.807) is 12.1 Å². The highest BCUT2D eigenvalue weighted by molar-refractivity contribution is 9.10. The van der Waals surface area contributed by atoms with Gasteiger partial charge in [-0.3, -0.25) is 0 Å². The molecule has 2 aromatic rings. The molecule has 0 spiro atoms. The van der Waals surface area contributed by atoms with Gasteiger partial charge in [-0.15, -0.1) is 0 Å². The van der Waals surface area contributed by atoms with Gasteiger partial charge in [0.15, 0.2) is 0 Å². The van der Waals surface area contributed by atoms with E-state index in [0.29, 0.717) is 5.75 Å². The number of hydrogen-bond donors (Lipinski definition) is 0. The van der Waals surface area contributed by atoms with Crippen LogP contribution in [0, 0.1) is 6.92 Å². The summed E-state index contributed by atoms with van der Waals surface area (Å²) in [5.74, 6) is 1.19. The minimum Gasteiger partial charge on any atom is -0.489 e. The fourth-order valence-electron chi connectivity index (χ4n) is 2.22. The Morgan fingerprint density at radius 2 is 2.00 bits per heavy atom. The minimum atomic E-state index is -0.757. The smallest absolute Gasteiger partial charge is 0.489 e. The molecule has 0 saturated heterocycles. The molecular weight excluding hydrogens is 360 g/mol. The lowest BCUT2D eigenvalue weighted by Crippen LogP contribution is -2.10. The topological polar surface area (TPSA) is 44.8 Å². The molecule has 0 radical (unpaired) electrons. The van der Waals surface area contributed by atoms with Crippen molar-refractivity contribution in [2.45, 2.75) is 26.9 Å². The van der Waals surface area contributed by atoms with Crippen molar-refractivity contribution in [2.24, 2.45) is 0 Å². The SMILES string of the molecule is CCc1ccc(OCc2c(Br)cccc2OC(=O)OC)cc1C. The predicted molar refractivity (Wildman–Crippen MR) is 92.1 cm³/mol. The monoisotopic (exact) mass is 378 g/mol. The summed E-state index contributed by atoms with van der Waals surface area (Å²) in [4.78, 5) is 11.3. The van der Waals surface area contributed by atoms with Crippen molar-refractivity contribution in [3.05, 3.63) is 57.6 Å². The zero-order chi connectivity index (χ0) is 16.8. The van der Waals surface area contributed by atoms with Crippen LogP contribution in [-0.4, -0.2) is 13.3 Å². The van der Waals surface area contributed by atoms with Crippen molar-refractivity contribution in [1.82, 2.24) is 0 Å². The van der Waals surface area contributed by atoms with E-state index in [4.69, 9.17) is 9.47 Å². The second-order valence-electron chi connectivity index (χ2n) is 5.00. The number of benzene rings is 2. The molecule has 0 amide bonds. The Morgan fingerprint density at radius 1 is 1.22 bits per heavy atom. The lowest BCUT2D eigenvalue weighted by atomic mass is 10.1. The van der Waals surface area contributed by atoms with E-state index in [-0.39, 0.29) is 6.61 Å². The molecule has 2 rings (SSSR count). The molecule has 4 nitrogen and oxygen atoms in total. The Balaban J connectivity index is 2.16. The second-order valence-corrected chi connectivity index (χ2v) is 5.86. The van der Waals surface area contributed by atoms with Gasteiger partial charge in [0.25, 0.3) is 0 Å². The van der Waals surface area contributed by atoms with Crippen LogP contribution in [0.25, 0.3) is 0 Å². The number of ether oxygens (including phenoxy) is 3. The standard InChI is InChI=1S/C18H19BrO4/c1-4-13-8-9-14(10-12(13)2)22-11-15-16(19)6-5-7-17(15)23-18(20)21-3/h5-10H,4,11H2,1-3H3. The zero-order valence-corrected chi connectivity index (χ0v) is 15.0. The van der Waals surface area contributed by atoms with Crippen LogP contribution < -0.4 is 9.47 Å². The molecule has 23 heavy (non-hydrogen) atoms. The largest absolute Gasteiger partial charge is 0.513 e. The minimum absolute atomic E-state index is 0.276. The summed E-state index contributed by atoms with van der Waals surface area (Å²) in [7, 11) is 1.27. The zero-order valence-electron chi connectivity index (χ0n) is 13.4. The number of aryl methyl sites for hydroxylation is 2. The van der Waals surface area contributed by atoms with Crippen LogP contribution in [0.15, 0.2) is 40.9 Å². The normalized spacial score (nSPS) is 10.3. The first kappa shape index (κ1) is 17.3. The van der Waals surface area contributed by atoms with E-state index in [2.05, 4.69) is 40.6 Å². The van der Waals surface area contributed by atoms with Crippen LogP contribution in [0.3, 0.4) is 0 Å². The van der Waals surface area contributed by atoms with Gasteiger partial charge in [-0.1, -0.05) is 35.0 Å². The molecule has 122 valence electrons. The highest BCUT2D eigenvalue weighted by atomic mass is 79.9. The van der Waals surface area contributed by atoms with Crippen LogP contribution in [-0.2, 0) is 17.8 Å². The van der Waals surface area contributed by atoms with Gasteiger partial charge in [0.2, 0.25) is 0 Å². The molecule has 0 N–H and O–H groups in total. The molecule has 0 unspecified atom stereocenters. The van der Waals surface area contributed by atoms with Gasteiger partial charge >= 0.3 is 6.16 Å². The summed E-state index contributed by atoms with van der Waals surface area (Å²) in [5, 5.41) is 0. The van der Waals surface area contributed by atoms with Crippen molar-refractivity contribution in [1.29, 1.82) is 0 Å². The summed E-state index contributed by atoms with van der Waals surface area (Å²) in [5.41, 5.74) is 3.24. The third-order valence-electron chi connectivity index (χ3n) is 3.51. The van der Waals surface area contributed by atoms with Crippen LogP contribution in [0.5, 0.6) is 11.5 Å². The van der Waals surface area contributed by atoms with E-state index < -0.39 is 6.16 Å². The first-order valence-electron chi connectivity index (χ1n) is 7.30. The number of halogens is 1. The van der Waals surface area contributed by atoms with E-state index >= 15 is 0 Å². The molecular formula is C18H19BrO4. The lowest BCUT2D eigenvalue weighted by molar-refractivity contribution is 0.120. The number of carbonyl (C=O) groups is 1. The van der Waals surface area contributed by atoms with Crippen molar-refractivity contribution < 1.29 is 19.0 Å². The maximum Gasteiger partial charge on any atom is 0.513 e. The Morgan fingerprint density at radius 3 is 2.65 bits per heavy atom. The van der Waals surface area contributed by atoms with Crippen molar-refractivity contribution >= 4 is 22.1 Å². The van der Waals surface area contributed by atoms with Gasteiger partial charge in [-0.2, -0.15) is 0 Å². The second kappa shape index (κ2) is 8.02. The van der Waals surface area contributed by atoms with Gasteiger partial charge in [0, 0.05) is 10.0 Å². The maximum atomic E-state index is 11.3. The van der Waals surface area contributed by atoms with E-state index in [1.165, 1.54) is 18.2 Å². The van der Waals surface area contributed by atoms with Gasteiger partial charge < -0.3 is 14.2 Å². The Kier molecular flexibility index (Phi) is 6.04. The van der Waals surface area contributed by atoms with Gasteiger partial charge in [0.05, 0.1) is 7.11 Å². The lowest BCUT2D eigenvalue weighted by Gasteiger charge is -2.13. The molecule has 0 aliphatic carbocycles. The average molecular weight is 379 g/mol. The summed E-state index contributed by atoms with van der Waals surface area (Å²) < 4.78 is 16.3. The molecule has 0 heterocycles. The van der Waals surface area contributed by atoms with E-state index in [1.807, 2.05) is 18.2 Å². The highest BCUT2D eigenvalue weighted by Crippen LogP contribution is 2.29. The number of hydrogen-bond acceptors (Lipinski definition) is 4. The summed E-state index contributed by atoms with van der Waals surface area (Å²) in [6, 6.07) is 11.4. The molecule has 0 atom stereocenters. The van der Waals surface area contributed by atoms with Crippen LogP contribution >= 0.6 is 15.9 Å². The number of carbonyl (C=O) groups excluding carboxylic acids is 1. The van der Waals surface area contributed by atoms with Crippen LogP contribution in [0.2, 0.25) is 0 Å². The van der Waals surface area contributed by atoms with Crippen molar-refractivity contribution in [3.63, 3.8) is 0 Å². The molecule has 5 heteroatoms. The van der Waals surface area contributed by atoms with Crippen LogP contribution in [0.1, 0.15) is 23.6 Å². The molecule has 0 bridgehead atoms. The number of methoxy groups -OCH3 is 1. The van der Waals surface area contributed by atoms with Crippen molar-refractivity contribution in [2.75, 3.05) is 7.11 Å². The third kappa shape index (κ3) is 4.48. The Labute approximate surface area is 144 Å². The number of rotatable bonds is 5. The first-order chi connectivity index (χ1) is 11.0. The summed E-state index contributed by atoms with van der Waals surface area (Å²) >= 11 is 3.46. The van der Waals surface area contributed by atoms with Gasteiger partial charge in [-0.05, 0) is 48.7 Å². The predicted octanol–water partition coefficient (Wildman–Crippen LogP) is 5.04. The molecule has 0 fully saturated rings. The average Bonchev–Trinajstić information content (AvgIpc) is 2.54. The quantitative estimate of drug-likeness (QED) is 0.539. The molecule has 0 aliphatic rings. The van der Waals surface area contributed by atoms with E-state index in [9.17, 15) is 4.79 Å². The maximum absolute atomic E-state index is 11.3.